The zero-order chi connectivity index (χ0) is 17.5. The van der Waals surface area contributed by atoms with E-state index >= 15 is 0 Å². The van der Waals surface area contributed by atoms with Crippen molar-refractivity contribution < 1.29 is 13.2 Å². The number of thioether (sulfide) groups is 1. The zero-order valence-electron chi connectivity index (χ0n) is 13.1. The molecule has 1 amide bonds. The molecule has 24 heavy (non-hydrogen) atoms. The lowest BCUT2D eigenvalue weighted by molar-refractivity contribution is -0.133. The Morgan fingerprint density at radius 2 is 2.04 bits per heavy atom. The number of benzene rings is 1. The Kier molecular flexibility index (Phi) is 5.37. The second kappa shape index (κ2) is 7.03. The number of rotatable bonds is 5. The second-order valence-corrected chi connectivity index (χ2v) is 9.82. The van der Waals surface area contributed by atoms with Crippen molar-refractivity contribution in [1.29, 1.82) is 0 Å². The molecule has 1 atom stereocenters. The minimum absolute atomic E-state index is 0.111. The van der Waals surface area contributed by atoms with Gasteiger partial charge in [-0.1, -0.05) is 29.3 Å². The van der Waals surface area contributed by atoms with Gasteiger partial charge in [0, 0.05) is 18.8 Å². The number of carbonyl (C=O) groups excluding carboxylic acids is 1. The van der Waals surface area contributed by atoms with Crippen molar-refractivity contribution >= 4 is 50.9 Å². The van der Waals surface area contributed by atoms with Crippen LogP contribution in [0.2, 0.25) is 10.0 Å². The molecule has 0 aromatic heterocycles. The maximum atomic E-state index is 12.8. The van der Waals surface area contributed by atoms with Crippen molar-refractivity contribution in [3.63, 3.8) is 0 Å². The van der Waals surface area contributed by atoms with Crippen molar-refractivity contribution in [3.05, 3.63) is 33.8 Å². The zero-order valence-corrected chi connectivity index (χ0v) is 16.3. The molecule has 1 aromatic rings. The third-order valence-corrected chi connectivity index (χ3v) is 7.97. The van der Waals surface area contributed by atoms with E-state index in [9.17, 15) is 13.2 Å². The largest absolute Gasteiger partial charge is 0.341 e. The van der Waals surface area contributed by atoms with Crippen molar-refractivity contribution in [3.8, 4) is 0 Å². The highest BCUT2D eigenvalue weighted by atomic mass is 35.5. The van der Waals surface area contributed by atoms with Crippen LogP contribution in [-0.2, 0) is 20.6 Å². The van der Waals surface area contributed by atoms with Crippen molar-refractivity contribution in [2.75, 3.05) is 18.7 Å². The van der Waals surface area contributed by atoms with Crippen LogP contribution in [0.15, 0.2) is 18.2 Å². The Morgan fingerprint density at radius 3 is 2.67 bits per heavy atom. The Morgan fingerprint density at radius 1 is 1.33 bits per heavy atom. The standard InChI is InChI=1S/C15H18Cl2N2O3S2/c1-18(11-3-4-11)15(20)14-7-23-9-19(14)24(21,22)8-10-2-5-12(16)13(17)6-10/h2,5-6,11,14H,3-4,7-9H2,1H3. The molecule has 2 aliphatic rings. The van der Waals surface area contributed by atoms with E-state index in [2.05, 4.69) is 0 Å². The average Bonchev–Trinajstić information content (AvgIpc) is 3.25. The van der Waals surface area contributed by atoms with Gasteiger partial charge in [-0.25, -0.2) is 8.42 Å². The highest BCUT2D eigenvalue weighted by Crippen LogP contribution is 2.32. The van der Waals surface area contributed by atoms with Gasteiger partial charge in [0.2, 0.25) is 15.9 Å². The first-order valence-corrected chi connectivity index (χ1v) is 11.1. The van der Waals surface area contributed by atoms with E-state index in [1.807, 2.05) is 0 Å². The first kappa shape index (κ1) is 18.3. The minimum Gasteiger partial charge on any atom is -0.341 e. The van der Waals surface area contributed by atoms with Gasteiger partial charge in [0.1, 0.15) is 6.04 Å². The molecule has 132 valence electrons. The maximum Gasteiger partial charge on any atom is 0.241 e. The predicted molar refractivity (Wildman–Crippen MR) is 97.8 cm³/mol. The molecule has 1 saturated carbocycles. The molecule has 0 bridgehead atoms. The molecular formula is C15H18Cl2N2O3S2. The summed E-state index contributed by atoms with van der Waals surface area (Å²) < 4.78 is 26.9. The monoisotopic (exact) mass is 408 g/mol. The van der Waals surface area contributed by atoms with Crippen molar-refractivity contribution in [2.45, 2.75) is 30.7 Å². The fraction of sp³-hybridized carbons (Fsp3) is 0.533. The van der Waals surface area contributed by atoms with Crippen LogP contribution >= 0.6 is 35.0 Å². The van der Waals surface area contributed by atoms with Crippen LogP contribution in [0.4, 0.5) is 0 Å². The van der Waals surface area contributed by atoms with Crippen LogP contribution in [0, 0.1) is 0 Å². The van der Waals surface area contributed by atoms with Crippen LogP contribution in [0.25, 0.3) is 0 Å². The first-order chi connectivity index (χ1) is 11.3. The summed E-state index contributed by atoms with van der Waals surface area (Å²) in [5.41, 5.74) is 0.558. The summed E-state index contributed by atoms with van der Waals surface area (Å²) >= 11 is 13.3. The number of halogens is 2. The molecule has 1 heterocycles. The number of amides is 1. The van der Waals surface area contributed by atoms with Gasteiger partial charge in [-0.05, 0) is 30.5 Å². The van der Waals surface area contributed by atoms with E-state index in [0.717, 1.165) is 12.8 Å². The van der Waals surface area contributed by atoms with Gasteiger partial charge in [0.25, 0.3) is 0 Å². The third-order valence-electron chi connectivity index (χ3n) is 4.26. The molecule has 0 N–H and O–H groups in total. The van der Waals surface area contributed by atoms with E-state index in [-0.39, 0.29) is 17.7 Å². The van der Waals surface area contributed by atoms with E-state index in [1.165, 1.54) is 16.1 Å². The summed E-state index contributed by atoms with van der Waals surface area (Å²) in [6.07, 6.45) is 2.00. The molecule has 2 fully saturated rings. The third kappa shape index (κ3) is 3.85. The summed E-state index contributed by atoms with van der Waals surface area (Å²) in [7, 11) is -1.86. The number of hydrogen-bond donors (Lipinski definition) is 0. The van der Waals surface area contributed by atoms with Crippen LogP contribution in [0.5, 0.6) is 0 Å². The topological polar surface area (TPSA) is 57.7 Å². The molecule has 1 aliphatic heterocycles. The SMILES string of the molecule is CN(C(=O)C1CSCN1S(=O)(=O)Cc1ccc(Cl)c(Cl)c1)C1CC1. The van der Waals surface area contributed by atoms with E-state index in [0.29, 0.717) is 27.2 Å². The van der Waals surface area contributed by atoms with Gasteiger partial charge in [-0.15, -0.1) is 11.8 Å². The molecule has 9 heteroatoms. The average molecular weight is 409 g/mol. The van der Waals surface area contributed by atoms with Crippen molar-refractivity contribution in [2.24, 2.45) is 0 Å². The molecule has 0 spiro atoms. The summed E-state index contributed by atoms with van der Waals surface area (Å²) in [4.78, 5) is 14.3. The summed E-state index contributed by atoms with van der Waals surface area (Å²) in [5.74, 6) is 0.497. The molecule has 3 rings (SSSR count). The lowest BCUT2D eigenvalue weighted by Gasteiger charge is -2.26. The Labute approximate surface area is 156 Å². The normalized spacial score (nSPS) is 21.9. The minimum atomic E-state index is -3.61. The molecule has 0 radical (unpaired) electrons. The highest BCUT2D eigenvalue weighted by molar-refractivity contribution is 8.00. The second-order valence-electron chi connectivity index (χ2n) is 6.09. The summed E-state index contributed by atoms with van der Waals surface area (Å²) in [6.45, 7) is 0. The van der Waals surface area contributed by atoms with Gasteiger partial charge in [0.15, 0.2) is 0 Å². The molecule has 5 nitrogen and oxygen atoms in total. The summed E-state index contributed by atoms with van der Waals surface area (Å²) in [5, 5.41) is 0.704. The molecule has 1 aliphatic carbocycles. The van der Waals surface area contributed by atoms with E-state index in [1.54, 1.807) is 30.1 Å². The quantitative estimate of drug-likeness (QED) is 0.751. The number of carbonyl (C=O) groups is 1. The van der Waals surface area contributed by atoms with Crippen LogP contribution < -0.4 is 0 Å². The molecule has 1 unspecified atom stereocenters. The van der Waals surface area contributed by atoms with Gasteiger partial charge < -0.3 is 4.90 Å². The van der Waals surface area contributed by atoms with Gasteiger partial charge in [-0.3, -0.25) is 4.79 Å². The molecule has 1 aromatic carbocycles. The number of hydrogen-bond acceptors (Lipinski definition) is 4. The Balaban J connectivity index is 1.77. The maximum absolute atomic E-state index is 12.8. The number of nitrogens with zero attached hydrogens (tertiary/aromatic N) is 2. The molecular weight excluding hydrogens is 391 g/mol. The summed E-state index contributed by atoms with van der Waals surface area (Å²) in [6, 6.07) is 4.42. The highest BCUT2D eigenvalue weighted by Gasteiger charge is 2.42. The van der Waals surface area contributed by atoms with Crippen LogP contribution in [0.3, 0.4) is 0 Å². The molecule has 1 saturated heterocycles. The number of sulfonamides is 1. The fourth-order valence-corrected chi connectivity index (χ4v) is 6.31. The predicted octanol–water partition coefficient (Wildman–Crippen LogP) is 2.82. The van der Waals surface area contributed by atoms with E-state index < -0.39 is 16.1 Å². The first-order valence-electron chi connectivity index (χ1n) is 7.57. The van der Waals surface area contributed by atoms with Crippen LogP contribution in [0.1, 0.15) is 18.4 Å². The van der Waals surface area contributed by atoms with E-state index in [4.69, 9.17) is 23.2 Å². The lowest BCUT2D eigenvalue weighted by Crippen LogP contribution is -2.48. The smallest absolute Gasteiger partial charge is 0.241 e. The Bertz CT molecular complexity index is 753. The van der Waals surface area contributed by atoms with Gasteiger partial charge in [-0.2, -0.15) is 4.31 Å². The number of likely N-dealkylation sites (N-methyl/N-ethyl adjacent to an activating group) is 1. The van der Waals surface area contributed by atoms with Crippen LogP contribution in [-0.4, -0.2) is 54.3 Å². The lowest BCUT2D eigenvalue weighted by atomic mass is 10.2. The van der Waals surface area contributed by atoms with Gasteiger partial charge in [0.05, 0.1) is 21.7 Å². The Hall–Kier alpha value is -0.470. The fourth-order valence-electron chi connectivity index (χ4n) is 2.70. The van der Waals surface area contributed by atoms with Gasteiger partial charge >= 0.3 is 0 Å². The van der Waals surface area contributed by atoms with Crippen molar-refractivity contribution in [1.82, 2.24) is 9.21 Å².